The van der Waals surface area contributed by atoms with Gasteiger partial charge in [0, 0.05) is 0 Å². The molecule has 2 rings (SSSR count). The molecule has 9 nitrogen and oxygen atoms in total. The lowest BCUT2D eigenvalue weighted by Gasteiger charge is -2.09. The van der Waals surface area contributed by atoms with Crippen molar-refractivity contribution in [3.8, 4) is 11.9 Å². The third kappa shape index (κ3) is 2.73. The molecule has 2 aromatic rings. The number of aromatic nitrogens is 4. The Kier molecular flexibility index (Phi) is 3.51. The first-order valence-corrected chi connectivity index (χ1v) is 6.51. The Morgan fingerprint density at radius 2 is 2.05 bits per heavy atom. The molecule has 0 saturated heterocycles. The number of anilines is 1. The third-order valence-corrected chi connectivity index (χ3v) is 3.41. The quantitative estimate of drug-likeness (QED) is 0.794. The topological polar surface area (TPSA) is 119 Å². The van der Waals surface area contributed by atoms with Crippen molar-refractivity contribution in [2.24, 2.45) is 0 Å². The van der Waals surface area contributed by atoms with Gasteiger partial charge in [0.1, 0.15) is 5.69 Å². The molecule has 0 aliphatic carbocycles. The van der Waals surface area contributed by atoms with Gasteiger partial charge >= 0.3 is 6.01 Å². The largest absolute Gasteiger partial charge is 0.479 e. The molecule has 2 heterocycles. The molecule has 0 atom stereocenters. The van der Waals surface area contributed by atoms with Crippen LogP contribution in [-0.4, -0.2) is 42.6 Å². The average molecular weight is 285 g/mol. The van der Waals surface area contributed by atoms with E-state index in [-0.39, 0.29) is 22.6 Å². The molecule has 0 aliphatic heterocycles. The fourth-order valence-electron chi connectivity index (χ4n) is 1.26. The summed E-state index contributed by atoms with van der Waals surface area (Å²) >= 11 is 0. The third-order valence-electron chi connectivity index (χ3n) is 2.11. The fraction of sp³-hybridized carbons (Fsp3) is 0.222. The molecule has 2 aromatic heterocycles. The number of nitrogens with one attached hydrogen (secondary N) is 2. The van der Waals surface area contributed by atoms with E-state index < -0.39 is 10.0 Å². The van der Waals surface area contributed by atoms with E-state index in [1.165, 1.54) is 32.9 Å². The Bertz CT molecular complexity index is 655. The van der Waals surface area contributed by atoms with Crippen LogP contribution in [0, 0.1) is 0 Å². The average Bonchev–Trinajstić information content (AvgIpc) is 2.93. The smallest absolute Gasteiger partial charge is 0.319 e. The molecule has 0 fully saturated rings. The van der Waals surface area contributed by atoms with Crippen LogP contribution in [0.4, 0.5) is 5.69 Å². The summed E-state index contributed by atoms with van der Waals surface area (Å²) in [4.78, 5) is 13.8. The minimum Gasteiger partial charge on any atom is -0.479 e. The van der Waals surface area contributed by atoms with Crippen molar-refractivity contribution >= 4 is 15.7 Å². The second kappa shape index (κ2) is 5.10. The zero-order valence-electron chi connectivity index (χ0n) is 10.1. The highest BCUT2D eigenvalue weighted by Gasteiger charge is 2.19. The van der Waals surface area contributed by atoms with Crippen LogP contribution in [0.25, 0.3) is 0 Å². The van der Waals surface area contributed by atoms with E-state index in [0.717, 1.165) is 0 Å². The van der Waals surface area contributed by atoms with Gasteiger partial charge in [0.25, 0.3) is 10.0 Å². The predicted octanol–water partition coefficient (Wildman–Crippen LogP) is 0.0177. The van der Waals surface area contributed by atoms with Gasteiger partial charge < -0.3 is 14.5 Å². The van der Waals surface area contributed by atoms with E-state index in [2.05, 4.69) is 24.7 Å². The summed E-state index contributed by atoms with van der Waals surface area (Å²) in [6.07, 6.45) is 3.69. The minimum absolute atomic E-state index is 0.0509. The molecule has 0 unspecified atom stereocenters. The monoisotopic (exact) mass is 285 g/mol. The number of nitrogens with zero attached hydrogens (tertiary/aromatic N) is 3. The highest BCUT2D eigenvalue weighted by molar-refractivity contribution is 7.92. The van der Waals surface area contributed by atoms with E-state index in [4.69, 9.17) is 9.47 Å². The minimum atomic E-state index is -3.79. The van der Waals surface area contributed by atoms with Gasteiger partial charge in [-0.3, -0.25) is 4.72 Å². The van der Waals surface area contributed by atoms with Crippen LogP contribution < -0.4 is 14.2 Å². The number of hydrogen-bond donors (Lipinski definition) is 2. The van der Waals surface area contributed by atoms with Gasteiger partial charge in [-0.25, -0.2) is 9.97 Å². The lowest BCUT2D eigenvalue weighted by Crippen LogP contribution is -2.14. The highest BCUT2D eigenvalue weighted by atomic mass is 32.2. The van der Waals surface area contributed by atoms with Gasteiger partial charge in [-0.2, -0.15) is 13.4 Å². The summed E-state index contributed by atoms with van der Waals surface area (Å²) in [5, 5.41) is -0.0784. The van der Waals surface area contributed by atoms with Gasteiger partial charge in [-0.05, 0) is 0 Å². The van der Waals surface area contributed by atoms with Crippen molar-refractivity contribution in [3.05, 3.63) is 18.7 Å². The number of ether oxygens (including phenoxy) is 2. The van der Waals surface area contributed by atoms with Crippen LogP contribution in [0.5, 0.6) is 11.9 Å². The first-order chi connectivity index (χ1) is 9.06. The predicted molar refractivity (Wildman–Crippen MR) is 64.5 cm³/mol. The summed E-state index contributed by atoms with van der Waals surface area (Å²) in [5.41, 5.74) is 0.0953. The molecule has 0 aliphatic rings. The number of hydrogen-bond acceptors (Lipinski definition) is 7. The number of sulfonamides is 1. The molecule has 0 spiro atoms. The van der Waals surface area contributed by atoms with Crippen LogP contribution in [-0.2, 0) is 10.0 Å². The van der Waals surface area contributed by atoms with Crippen LogP contribution in [0.2, 0.25) is 0 Å². The second-order valence-corrected chi connectivity index (χ2v) is 4.95. The Labute approximate surface area is 109 Å². The van der Waals surface area contributed by atoms with Crippen molar-refractivity contribution < 1.29 is 17.9 Å². The zero-order valence-corrected chi connectivity index (χ0v) is 10.9. The first kappa shape index (κ1) is 13.1. The number of imidazole rings is 1. The zero-order chi connectivity index (χ0) is 13.9. The summed E-state index contributed by atoms with van der Waals surface area (Å²) in [6.45, 7) is 0. The molecule has 0 bridgehead atoms. The molecule has 0 saturated carbocycles. The Balaban J connectivity index is 2.34. The standard InChI is InChI=1S/C9H11N5O4S/c1-17-8-6(3-11-9(13-8)18-2)14-19(15,16)7-4-10-5-12-7/h3-5,14H,1-2H3,(H,10,12). The van der Waals surface area contributed by atoms with Gasteiger partial charge in [-0.15, -0.1) is 0 Å². The van der Waals surface area contributed by atoms with Crippen molar-refractivity contribution in [3.63, 3.8) is 0 Å². The van der Waals surface area contributed by atoms with E-state index in [0.29, 0.717) is 0 Å². The molecule has 10 heteroatoms. The Hall–Kier alpha value is -2.36. The SMILES string of the molecule is COc1ncc(NS(=O)(=O)c2cnc[nH]2)c(OC)n1. The molecule has 0 aromatic carbocycles. The fourth-order valence-corrected chi connectivity index (χ4v) is 2.21. The number of aromatic amines is 1. The van der Waals surface area contributed by atoms with Gasteiger partial charge in [-0.1, -0.05) is 0 Å². The van der Waals surface area contributed by atoms with E-state index in [1.807, 2.05) is 0 Å². The molecule has 0 radical (unpaired) electrons. The van der Waals surface area contributed by atoms with Crippen LogP contribution in [0.15, 0.2) is 23.7 Å². The molecular formula is C9H11N5O4S. The lowest BCUT2D eigenvalue weighted by atomic mass is 10.5. The maximum atomic E-state index is 12.0. The van der Waals surface area contributed by atoms with Crippen LogP contribution >= 0.6 is 0 Å². The highest BCUT2D eigenvalue weighted by Crippen LogP contribution is 2.24. The maximum absolute atomic E-state index is 12.0. The number of rotatable bonds is 5. The first-order valence-electron chi connectivity index (χ1n) is 5.03. The van der Waals surface area contributed by atoms with E-state index >= 15 is 0 Å². The molecule has 2 N–H and O–H groups in total. The number of H-pyrrole nitrogens is 1. The normalized spacial score (nSPS) is 11.1. The van der Waals surface area contributed by atoms with Crippen LogP contribution in [0.3, 0.4) is 0 Å². The van der Waals surface area contributed by atoms with Gasteiger partial charge in [0.05, 0.1) is 32.9 Å². The summed E-state index contributed by atoms with van der Waals surface area (Å²) in [5.74, 6) is 0.0509. The summed E-state index contributed by atoms with van der Waals surface area (Å²) in [6, 6.07) is 0.0707. The van der Waals surface area contributed by atoms with Crippen molar-refractivity contribution in [2.45, 2.75) is 5.03 Å². The Morgan fingerprint density at radius 1 is 1.26 bits per heavy atom. The lowest BCUT2D eigenvalue weighted by molar-refractivity contribution is 0.353. The maximum Gasteiger partial charge on any atom is 0.319 e. The molecule has 19 heavy (non-hydrogen) atoms. The van der Waals surface area contributed by atoms with E-state index in [1.54, 1.807) is 0 Å². The molecule has 102 valence electrons. The van der Waals surface area contributed by atoms with Gasteiger partial charge in [0.15, 0.2) is 5.03 Å². The van der Waals surface area contributed by atoms with Crippen molar-refractivity contribution in [2.75, 3.05) is 18.9 Å². The Morgan fingerprint density at radius 3 is 2.63 bits per heavy atom. The van der Waals surface area contributed by atoms with Gasteiger partial charge in [0.2, 0.25) is 5.88 Å². The molecule has 0 amide bonds. The summed E-state index contributed by atoms with van der Waals surface area (Å²) in [7, 11) is -1.04. The summed E-state index contributed by atoms with van der Waals surface area (Å²) < 4.78 is 36.0. The van der Waals surface area contributed by atoms with Crippen molar-refractivity contribution in [1.29, 1.82) is 0 Å². The van der Waals surface area contributed by atoms with E-state index in [9.17, 15) is 8.42 Å². The second-order valence-electron chi connectivity index (χ2n) is 3.30. The molecular weight excluding hydrogens is 274 g/mol. The van der Waals surface area contributed by atoms with Crippen LogP contribution in [0.1, 0.15) is 0 Å². The van der Waals surface area contributed by atoms with Crippen molar-refractivity contribution in [1.82, 2.24) is 19.9 Å². The number of methoxy groups -OCH3 is 2.